The van der Waals surface area contributed by atoms with E-state index in [1.54, 1.807) is 6.92 Å². The van der Waals surface area contributed by atoms with Crippen molar-refractivity contribution in [2.75, 3.05) is 0 Å². The fraction of sp³-hybridized carbons (Fsp3) is 0.143. The number of ketones is 2. The van der Waals surface area contributed by atoms with E-state index in [-0.39, 0.29) is 28.2 Å². The minimum atomic E-state index is -1.90. The summed E-state index contributed by atoms with van der Waals surface area (Å²) in [5.41, 5.74) is -0.532. The molecule has 1 aromatic heterocycles. The van der Waals surface area contributed by atoms with E-state index in [0.717, 1.165) is 0 Å². The molecular formula is C21H16O8. The van der Waals surface area contributed by atoms with E-state index < -0.39 is 29.3 Å². The van der Waals surface area contributed by atoms with Crippen molar-refractivity contribution in [1.29, 1.82) is 0 Å². The van der Waals surface area contributed by atoms with Crippen LogP contribution in [0, 0.1) is 6.92 Å². The summed E-state index contributed by atoms with van der Waals surface area (Å²) < 4.78 is 10.1. The molecule has 1 heterocycles. The maximum absolute atomic E-state index is 12.1. The number of carbonyl (C=O) groups is 3. The number of fused-ring (bicyclic) bond motifs is 1. The van der Waals surface area contributed by atoms with Crippen LogP contribution in [0.4, 0.5) is 0 Å². The zero-order valence-electron chi connectivity index (χ0n) is 15.5. The normalized spacial score (nSPS) is 11.8. The molecule has 0 fully saturated rings. The van der Waals surface area contributed by atoms with Gasteiger partial charge in [0.2, 0.25) is 0 Å². The van der Waals surface area contributed by atoms with Crippen molar-refractivity contribution in [3.05, 3.63) is 69.6 Å². The van der Waals surface area contributed by atoms with Crippen molar-refractivity contribution in [2.24, 2.45) is 0 Å². The zero-order chi connectivity index (χ0) is 21.3. The van der Waals surface area contributed by atoms with Gasteiger partial charge in [-0.2, -0.15) is 0 Å². The largest absolute Gasteiger partial charge is 0.508 e. The summed E-state index contributed by atoms with van der Waals surface area (Å²) in [6, 6.07) is 9.61. The maximum Gasteiger partial charge on any atom is 0.383 e. The summed E-state index contributed by atoms with van der Waals surface area (Å²) >= 11 is 0. The van der Waals surface area contributed by atoms with Gasteiger partial charge in [0.15, 0.2) is 11.9 Å². The Morgan fingerprint density at radius 3 is 2.45 bits per heavy atom. The average Bonchev–Trinajstić information content (AvgIpc) is 2.66. The van der Waals surface area contributed by atoms with Gasteiger partial charge in [-0.15, -0.1) is 0 Å². The quantitative estimate of drug-likeness (QED) is 0.221. The maximum atomic E-state index is 12.1. The van der Waals surface area contributed by atoms with Gasteiger partial charge in [-0.05, 0) is 37.6 Å². The third-order valence-electron chi connectivity index (χ3n) is 4.38. The first-order valence-corrected chi connectivity index (χ1v) is 8.51. The number of rotatable bonds is 5. The molecule has 0 saturated heterocycles. The van der Waals surface area contributed by atoms with Crippen molar-refractivity contribution < 1.29 is 33.8 Å². The summed E-state index contributed by atoms with van der Waals surface area (Å²) in [6.07, 6.45) is -1.90. The van der Waals surface area contributed by atoms with E-state index in [1.807, 2.05) is 0 Å². The third-order valence-corrected chi connectivity index (χ3v) is 4.38. The highest BCUT2D eigenvalue weighted by Gasteiger charge is 2.28. The Kier molecular flexibility index (Phi) is 5.29. The smallest absolute Gasteiger partial charge is 0.383 e. The number of hydrogen-bond acceptors (Lipinski definition) is 8. The molecule has 0 spiro atoms. The summed E-state index contributed by atoms with van der Waals surface area (Å²) in [6.45, 7) is 2.84. The predicted molar refractivity (Wildman–Crippen MR) is 101 cm³/mol. The van der Waals surface area contributed by atoms with Gasteiger partial charge in [0.1, 0.15) is 22.6 Å². The average molecular weight is 396 g/mol. The van der Waals surface area contributed by atoms with Gasteiger partial charge >= 0.3 is 11.6 Å². The number of ether oxygens (including phenoxy) is 1. The molecule has 8 nitrogen and oxygen atoms in total. The second-order valence-electron chi connectivity index (χ2n) is 6.32. The number of esters is 1. The summed E-state index contributed by atoms with van der Waals surface area (Å²) in [5, 5.41) is 20.2. The van der Waals surface area contributed by atoms with Gasteiger partial charge < -0.3 is 19.4 Å². The second kappa shape index (κ2) is 7.69. The zero-order valence-corrected chi connectivity index (χ0v) is 15.5. The van der Waals surface area contributed by atoms with Crippen LogP contribution in [0.1, 0.15) is 34.5 Å². The molecular weight excluding hydrogens is 380 g/mol. The van der Waals surface area contributed by atoms with E-state index in [4.69, 9.17) is 9.15 Å². The molecule has 2 aromatic carbocycles. The van der Waals surface area contributed by atoms with Crippen molar-refractivity contribution in [1.82, 2.24) is 0 Å². The monoisotopic (exact) mass is 396 g/mol. The predicted octanol–water partition coefficient (Wildman–Crippen LogP) is 2.22. The molecule has 0 aliphatic heterocycles. The van der Waals surface area contributed by atoms with Crippen LogP contribution in [-0.4, -0.2) is 27.7 Å². The Balaban J connectivity index is 1.88. The Bertz CT molecular complexity index is 1210. The van der Waals surface area contributed by atoms with Gasteiger partial charge in [0, 0.05) is 17.0 Å². The van der Waals surface area contributed by atoms with E-state index >= 15 is 0 Å². The molecule has 0 bridgehead atoms. The number of para-hydroxylation sites is 1. The van der Waals surface area contributed by atoms with Crippen LogP contribution < -0.4 is 10.4 Å². The van der Waals surface area contributed by atoms with Gasteiger partial charge in [0.05, 0.1) is 0 Å². The van der Waals surface area contributed by atoms with Crippen LogP contribution in [0.15, 0.2) is 51.7 Å². The van der Waals surface area contributed by atoms with E-state index in [2.05, 4.69) is 0 Å². The molecule has 3 rings (SSSR count). The van der Waals surface area contributed by atoms with Crippen molar-refractivity contribution in [3.63, 3.8) is 0 Å². The minimum absolute atomic E-state index is 0.0662. The van der Waals surface area contributed by atoms with E-state index in [1.165, 1.54) is 49.4 Å². The van der Waals surface area contributed by atoms with Gasteiger partial charge in [-0.25, -0.2) is 9.59 Å². The molecule has 29 heavy (non-hydrogen) atoms. The minimum Gasteiger partial charge on any atom is -0.508 e. The first-order chi connectivity index (χ1) is 13.7. The summed E-state index contributed by atoms with van der Waals surface area (Å²) in [5.74, 6) is -3.52. The van der Waals surface area contributed by atoms with Gasteiger partial charge in [-0.1, -0.05) is 18.2 Å². The van der Waals surface area contributed by atoms with Crippen LogP contribution >= 0.6 is 0 Å². The molecule has 0 aliphatic rings. The first kappa shape index (κ1) is 20.0. The lowest BCUT2D eigenvalue weighted by Gasteiger charge is -2.11. The lowest BCUT2D eigenvalue weighted by atomic mass is 10.0. The highest BCUT2D eigenvalue weighted by Crippen LogP contribution is 2.27. The highest BCUT2D eigenvalue weighted by molar-refractivity contribution is 6.36. The molecule has 148 valence electrons. The Morgan fingerprint density at radius 2 is 1.79 bits per heavy atom. The van der Waals surface area contributed by atoms with E-state index in [9.17, 15) is 29.4 Å². The van der Waals surface area contributed by atoms with Crippen LogP contribution in [0.25, 0.3) is 11.0 Å². The molecule has 0 saturated carbocycles. The van der Waals surface area contributed by atoms with Crippen LogP contribution in [0.2, 0.25) is 0 Å². The molecule has 0 amide bonds. The standard InChI is InChI=1S/C21H16O8/c1-10-13-8-7-12(9-16(13)29-20(26)17(10)11(2)22)28-21(27)19(25)18(24)14-5-3-4-6-15(14)23/h3-9,18,23-24H,1-2H3. The van der Waals surface area contributed by atoms with Crippen LogP contribution in [-0.2, 0) is 9.59 Å². The molecule has 2 N–H and O–H groups in total. The van der Waals surface area contributed by atoms with E-state index in [0.29, 0.717) is 10.9 Å². The number of phenolic OH excluding ortho intramolecular Hbond substituents is 1. The van der Waals surface area contributed by atoms with Crippen molar-refractivity contribution >= 4 is 28.5 Å². The lowest BCUT2D eigenvalue weighted by molar-refractivity contribution is -0.151. The Labute approximate surface area is 164 Å². The number of hydrogen-bond donors (Lipinski definition) is 2. The summed E-state index contributed by atoms with van der Waals surface area (Å²) in [7, 11) is 0. The number of aryl methyl sites for hydroxylation is 1. The Morgan fingerprint density at radius 1 is 1.10 bits per heavy atom. The van der Waals surface area contributed by atoms with Crippen molar-refractivity contribution in [3.8, 4) is 11.5 Å². The number of aliphatic hydroxyl groups excluding tert-OH is 1. The number of Topliss-reactive ketones (excluding diaryl/α,β-unsaturated/α-hetero) is 2. The molecule has 0 aliphatic carbocycles. The molecule has 1 atom stereocenters. The molecule has 1 unspecified atom stereocenters. The van der Waals surface area contributed by atoms with Crippen molar-refractivity contribution in [2.45, 2.75) is 20.0 Å². The number of carbonyl (C=O) groups excluding carboxylic acids is 3. The van der Waals surface area contributed by atoms with Gasteiger partial charge in [0.25, 0.3) is 5.78 Å². The van der Waals surface area contributed by atoms with Crippen LogP contribution in [0.3, 0.4) is 0 Å². The number of aliphatic hydroxyl groups is 1. The number of aromatic hydroxyl groups is 1. The molecule has 3 aromatic rings. The SMILES string of the molecule is CC(=O)c1c(C)c2ccc(OC(=O)C(=O)C(O)c3ccccc3O)cc2oc1=O. The second-order valence-corrected chi connectivity index (χ2v) is 6.32. The number of phenols is 1. The highest BCUT2D eigenvalue weighted by atomic mass is 16.5. The molecule has 0 radical (unpaired) electrons. The number of benzene rings is 2. The van der Waals surface area contributed by atoms with Gasteiger partial charge in [-0.3, -0.25) is 9.59 Å². The lowest BCUT2D eigenvalue weighted by Crippen LogP contribution is -2.26. The first-order valence-electron chi connectivity index (χ1n) is 8.51. The fourth-order valence-electron chi connectivity index (χ4n) is 2.94. The topological polar surface area (TPSA) is 131 Å². The molecule has 8 heteroatoms. The third kappa shape index (κ3) is 3.78. The van der Waals surface area contributed by atoms with Crippen LogP contribution in [0.5, 0.6) is 11.5 Å². The fourth-order valence-corrected chi connectivity index (χ4v) is 2.94. The summed E-state index contributed by atoms with van der Waals surface area (Å²) in [4.78, 5) is 47.9. The Hall–Kier alpha value is -3.78.